The van der Waals surface area contributed by atoms with E-state index in [9.17, 15) is 9.59 Å². The van der Waals surface area contributed by atoms with Crippen LogP contribution in [0.3, 0.4) is 0 Å². The molecule has 0 bridgehead atoms. The third-order valence-electron chi connectivity index (χ3n) is 0.661. The van der Waals surface area contributed by atoms with E-state index in [2.05, 4.69) is 0 Å². The molecule has 0 saturated heterocycles. The van der Waals surface area contributed by atoms with Crippen molar-refractivity contribution in [3.63, 3.8) is 0 Å². The van der Waals surface area contributed by atoms with Gasteiger partial charge in [0.05, 0.1) is 6.61 Å². The van der Waals surface area contributed by atoms with Crippen LogP contribution in [-0.4, -0.2) is 35.0 Å². The van der Waals surface area contributed by atoms with Gasteiger partial charge in [0.1, 0.15) is 0 Å². The predicted molar refractivity (Wildman–Crippen MR) is 24.2 cm³/mol. The van der Waals surface area contributed by atoms with Crippen molar-refractivity contribution < 1.29 is 19.8 Å². The van der Waals surface area contributed by atoms with Crippen LogP contribution in [0.25, 0.3) is 0 Å². The Morgan fingerprint density at radius 3 is 1.75 bits per heavy atom. The maximum absolute atomic E-state index is 9.65. The minimum Gasteiger partial charge on any atom is -0.392 e. The summed E-state index contributed by atoms with van der Waals surface area (Å²) >= 11 is 0. The number of carbonyl (C=O) groups is 2. The first-order valence-electron chi connectivity index (χ1n) is 1.94. The Morgan fingerprint density at radius 1 is 1.38 bits per heavy atom. The highest BCUT2D eigenvalue weighted by Gasteiger charge is 2.23. The largest absolute Gasteiger partial charge is 0.392 e. The van der Waals surface area contributed by atoms with Crippen LogP contribution in [0, 0.1) is 0 Å². The zero-order chi connectivity index (χ0) is 6.62. The zero-order valence-corrected chi connectivity index (χ0v) is 4.07. The van der Waals surface area contributed by atoms with Crippen molar-refractivity contribution in [2.24, 2.45) is 0 Å². The van der Waals surface area contributed by atoms with Gasteiger partial charge >= 0.3 is 0 Å². The number of aliphatic hydroxyl groups is 2. The lowest BCUT2D eigenvalue weighted by Gasteiger charge is -2.06. The smallest absolute Gasteiger partial charge is 0.198 e. The Labute approximate surface area is 45.7 Å². The predicted octanol–water partition coefficient (Wildman–Crippen LogP) is -1.89. The van der Waals surface area contributed by atoms with Crippen molar-refractivity contribution in [2.45, 2.75) is 5.60 Å². The summed E-state index contributed by atoms with van der Waals surface area (Å²) < 4.78 is 0. The maximum Gasteiger partial charge on any atom is 0.198 e. The van der Waals surface area contributed by atoms with E-state index in [1.54, 1.807) is 0 Å². The average Bonchev–Trinajstić information content (AvgIpc) is 1.87. The van der Waals surface area contributed by atoms with Crippen LogP contribution in [0.2, 0.25) is 0 Å². The molecule has 0 saturated carbocycles. The topological polar surface area (TPSA) is 74.6 Å². The van der Waals surface area contributed by atoms with E-state index in [-0.39, 0.29) is 12.6 Å². The molecule has 0 heterocycles. The SMILES string of the molecule is O=CC(O)(C=O)CO. The van der Waals surface area contributed by atoms with Crippen molar-refractivity contribution in [2.75, 3.05) is 6.61 Å². The van der Waals surface area contributed by atoms with Gasteiger partial charge in [0.25, 0.3) is 0 Å². The summed E-state index contributed by atoms with van der Waals surface area (Å²) in [6.45, 7) is -0.861. The number of carbonyl (C=O) groups excluding carboxylic acids is 2. The van der Waals surface area contributed by atoms with E-state index in [1.807, 2.05) is 0 Å². The summed E-state index contributed by atoms with van der Waals surface area (Å²) in [7, 11) is 0. The maximum atomic E-state index is 9.65. The van der Waals surface area contributed by atoms with Gasteiger partial charge in [-0.15, -0.1) is 0 Å². The van der Waals surface area contributed by atoms with Gasteiger partial charge in [-0.1, -0.05) is 0 Å². The first kappa shape index (κ1) is 7.26. The summed E-state index contributed by atoms with van der Waals surface area (Å²) in [5.41, 5.74) is -2.18. The van der Waals surface area contributed by atoms with Gasteiger partial charge in [0.2, 0.25) is 0 Å². The van der Waals surface area contributed by atoms with Crippen LogP contribution >= 0.6 is 0 Å². The van der Waals surface area contributed by atoms with Gasteiger partial charge in [0.15, 0.2) is 18.2 Å². The molecule has 0 fully saturated rings. The highest BCUT2D eigenvalue weighted by Crippen LogP contribution is 1.90. The normalized spacial score (nSPS) is 10.8. The molecule has 4 heteroatoms. The molecule has 0 aromatic carbocycles. The lowest BCUT2D eigenvalue weighted by atomic mass is 10.1. The van der Waals surface area contributed by atoms with Gasteiger partial charge in [-0.2, -0.15) is 0 Å². The van der Waals surface area contributed by atoms with Gasteiger partial charge in [0, 0.05) is 0 Å². The lowest BCUT2D eigenvalue weighted by Crippen LogP contribution is -2.36. The Bertz CT molecular complexity index is 90.2. The van der Waals surface area contributed by atoms with Crippen molar-refractivity contribution in [1.82, 2.24) is 0 Å². The van der Waals surface area contributed by atoms with Gasteiger partial charge in [-0.3, -0.25) is 9.59 Å². The third kappa shape index (κ3) is 1.40. The van der Waals surface area contributed by atoms with Crippen LogP contribution in [0.5, 0.6) is 0 Å². The molecule has 0 rings (SSSR count). The van der Waals surface area contributed by atoms with Crippen LogP contribution in [0.15, 0.2) is 0 Å². The number of aldehydes is 2. The molecule has 0 radical (unpaired) electrons. The number of hydrogen-bond donors (Lipinski definition) is 2. The molecule has 46 valence electrons. The van der Waals surface area contributed by atoms with E-state index in [4.69, 9.17) is 10.2 Å². The number of rotatable bonds is 3. The summed E-state index contributed by atoms with van der Waals surface area (Å²) in [6, 6.07) is 0. The second-order valence-electron chi connectivity index (χ2n) is 1.39. The molecule has 4 nitrogen and oxygen atoms in total. The van der Waals surface area contributed by atoms with Crippen LogP contribution in [0.1, 0.15) is 0 Å². The summed E-state index contributed by atoms with van der Waals surface area (Å²) in [5.74, 6) is 0. The monoisotopic (exact) mass is 118 g/mol. The van der Waals surface area contributed by atoms with E-state index < -0.39 is 12.2 Å². The molecule has 2 N–H and O–H groups in total. The summed E-state index contributed by atoms with van der Waals surface area (Å²) in [4.78, 5) is 19.3. The van der Waals surface area contributed by atoms with Crippen LogP contribution in [0.4, 0.5) is 0 Å². The lowest BCUT2D eigenvalue weighted by molar-refractivity contribution is -0.138. The van der Waals surface area contributed by atoms with E-state index in [0.717, 1.165) is 0 Å². The van der Waals surface area contributed by atoms with Crippen molar-refractivity contribution in [1.29, 1.82) is 0 Å². The van der Waals surface area contributed by atoms with Crippen molar-refractivity contribution in [3.8, 4) is 0 Å². The standard InChI is InChI=1S/C4H6O4/c5-1-4(8,2-6)3-7/h1-2,7-8H,3H2. The van der Waals surface area contributed by atoms with Crippen LogP contribution < -0.4 is 0 Å². The highest BCUT2D eigenvalue weighted by atomic mass is 16.3. The Morgan fingerprint density at radius 2 is 1.75 bits per heavy atom. The minimum atomic E-state index is -2.18. The molecular weight excluding hydrogens is 112 g/mol. The molecule has 0 atom stereocenters. The third-order valence-corrected chi connectivity index (χ3v) is 0.661. The number of aliphatic hydroxyl groups excluding tert-OH is 1. The highest BCUT2D eigenvalue weighted by molar-refractivity contribution is 5.87. The molecular formula is C4H6O4. The molecule has 0 amide bonds. The van der Waals surface area contributed by atoms with Crippen molar-refractivity contribution in [3.05, 3.63) is 0 Å². The van der Waals surface area contributed by atoms with Crippen LogP contribution in [-0.2, 0) is 9.59 Å². The zero-order valence-electron chi connectivity index (χ0n) is 4.07. The van der Waals surface area contributed by atoms with E-state index in [1.165, 1.54) is 0 Å². The summed E-state index contributed by atoms with van der Waals surface area (Å²) in [6.07, 6.45) is -0.0278. The molecule has 0 aliphatic heterocycles. The second-order valence-corrected chi connectivity index (χ2v) is 1.39. The molecule has 8 heavy (non-hydrogen) atoms. The van der Waals surface area contributed by atoms with E-state index in [0.29, 0.717) is 0 Å². The first-order valence-corrected chi connectivity index (χ1v) is 1.94. The van der Waals surface area contributed by atoms with Gasteiger partial charge < -0.3 is 10.2 Å². The number of hydrogen-bond acceptors (Lipinski definition) is 4. The molecule has 0 aromatic heterocycles. The van der Waals surface area contributed by atoms with Crippen molar-refractivity contribution >= 4 is 12.6 Å². The Kier molecular flexibility index (Phi) is 2.30. The summed E-state index contributed by atoms with van der Waals surface area (Å²) in [5, 5.41) is 16.5. The fourth-order valence-corrected chi connectivity index (χ4v) is 0.102. The molecule has 0 aliphatic rings. The minimum absolute atomic E-state index is 0.0139. The van der Waals surface area contributed by atoms with Gasteiger partial charge in [-0.05, 0) is 0 Å². The molecule has 0 aliphatic carbocycles. The molecule has 0 aromatic rings. The van der Waals surface area contributed by atoms with E-state index >= 15 is 0 Å². The molecule has 0 spiro atoms. The Hall–Kier alpha value is -0.740. The molecule has 0 unspecified atom stereocenters. The fraction of sp³-hybridized carbons (Fsp3) is 0.500. The Balaban J connectivity index is 3.96. The average molecular weight is 118 g/mol. The second kappa shape index (κ2) is 2.54. The first-order chi connectivity index (χ1) is 3.68. The quantitative estimate of drug-likeness (QED) is 0.335. The fourth-order valence-electron chi connectivity index (χ4n) is 0.102. The van der Waals surface area contributed by atoms with Gasteiger partial charge in [-0.25, -0.2) is 0 Å².